The quantitative estimate of drug-likeness (QED) is 0.669. The van der Waals surface area contributed by atoms with Gasteiger partial charge in [-0.05, 0) is 25.5 Å². The van der Waals surface area contributed by atoms with E-state index in [4.69, 9.17) is 0 Å². The van der Waals surface area contributed by atoms with Crippen molar-refractivity contribution in [3.05, 3.63) is 30.1 Å². The number of pyridine rings is 1. The van der Waals surface area contributed by atoms with Crippen LogP contribution >= 0.6 is 0 Å². The molecule has 0 radical (unpaired) electrons. The van der Waals surface area contributed by atoms with Crippen molar-refractivity contribution in [3.63, 3.8) is 0 Å². The Morgan fingerprint density at radius 3 is 2.71 bits per heavy atom. The van der Waals surface area contributed by atoms with E-state index in [1.54, 1.807) is 24.5 Å². The Kier molecular flexibility index (Phi) is 3.98. The summed E-state index contributed by atoms with van der Waals surface area (Å²) in [5.41, 5.74) is 0.621. The maximum Gasteiger partial charge on any atom is 0.164 e. The van der Waals surface area contributed by atoms with Crippen molar-refractivity contribution in [1.29, 1.82) is 0 Å². The van der Waals surface area contributed by atoms with Gasteiger partial charge in [0.1, 0.15) is 5.78 Å². The number of carbonyl (C=O) groups is 2. The first-order chi connectivity index (χ1) is 6.70. The van der Waals surface area contributed by atoms with Crippen LogP contribution < -0.4 is 0 Å². The fourth-order valence-electron chi connectivity index (χ4n) is 1.17. The Labute approximate surface area is 83.2 Å². The van der Waals surface area contributed by atoms with Gasteiger partial charge >= 0.3 is 0 Å². The van der Waals surface area contributed by atoms with E-state index < -0.39 is 0 Å². The van der Waals surface area contributed by atoms with Crippen molar-refractivity contribution in [2.75, 3.05) is 0 Å². The third-order valence-corrected chi connectivity index (χ3v) is 1.92. The van der Waals surface area contributed by atoms with Crippen LogP contribution in [0.25, 0.3) is 0 Å². The zero-order valence-electron chi connectivity index (χ0n) is 8.19. The highest BCUT2D eigenvalue weighted by atomic mass is 16.1. The summed E-state index contributed by atoms with van der Waals surface area (Å²) in [6, 6.07) is 3.47. The largest absolute Gasteiger partial charge is 0.300 e. The van der Waals surface area contributed by atoms with Gasteiger partial charge in [0.15, 0.2) is 5.78 Å². The maximum atomic E-state index is 11.5. The molecule has 3 heteroatoms. The molecule has 1 aromatic heterocycles. The number of hydrogen-bond acceptors (Lipinski definition) is 3. The molecule has 1 heterocycles. The first kappa shape index (κ1) is 10.6. The van der Waals surface area contributed by atoms with Crippen LogP contribution in [0.15, 0.2) is 24.5 Å². The molecule has 0 N–H and O–H groups in total. The summed E-state index contributed by atoms with van der Waals surface area (Å²) in [4.78, 5) is 26.0. The minimum atomic E-state index is 0.0550. The SMILES string of the molecule is CC(=O)CCCC(=O)c1cccnc1. The molecule has 0 unspecified atom stereocenters. The van der Waals surface area contributed by atoms with Gasteiger partial charge in [-0.2, -0.15) is 0 Å². The summed E-state index contributed by atoms with van der Waals surface area (Å²) in [5, 5.41) is 0. The average molecular weight is 191 g/mol. The second kappa shape index (κ2) is 5.27. The van der Waals surface area contributed by atoms with Gasteiger partial charge in [-0.15, -0.1) is 0 Å². The zero-order valence-corrected chi connectivity index (χ0v) is 8.19. The predicted molar refractivity (Wildman–Crippen MR) is 53.1 cm³/mol. The van der Waals surface area contributed by atoms with Crippen LogP contribution in [0.2, 0.25) is 0 Å². The Bertz CT molecular complexity index is 319. The summed E-state index contributed by atoms with van der Waals surface area (Å²) >= 11 is 0. The molecule has 1 rings (SSSR count). The van der Waals surface area contributed by atoms with Crippen molar-refractivity contribution < 1.29 is 9.59 Å². The monoisotopic (exact) mass is 191 g/mol. The van der Waals surface area contributed by atoms with Crippen LogP contribution in [-0.2, 0) is 4.79 Å². The first-order valence-corrected chi connectivity index (χ1v) is 4.63. The van der Waals surface area contributed by atoms with Crippen LogP contribution in [0.5, 0.6) is 0 Å². The summed E-state index contributed by atoms with van der Waals surface area (Å²) < 4.78 is 0. The lowest BCUT2D eigenvalue weighted by molar-refractivity contribution is -0.117. The molecule has 1 aromatic rings. The Morgan fingerprint density at radius 1 is 1.36 bits per heavy atom. The van der Waals surface area contributed by atoms with Gasteiger partial charge in [0.25, 0.3) is 0 Å². The van der Waals surface area contributed by atoms with Gasteiger partial charge in [0, 0.05) is 30.8 Å². The number of Topliss-reactive ketones (excluding diaryl/α,β-unsaturated/α-hetero) is 2. The molecule has 0 aromatic carbocycles. The third kappa shape index (κ3) is 3.47. The van der Waals surface area contributed by atoms with E-state index in [0.29, 0.717) is 24.8 Å². The summed E-state index contributed by atoms with van der Waals surface area (Å²) in [7, 11) is 0. The highest BCUT2D eigenvalue weighted by Crippen LogP contribution is 2.05. The van der Waals surface area contributed by atoms with E-state index in [9.17, 15) is 9.59 Å². The third-order valence-electron chi connectivity index (χ3n) is 1.92. The van der Waals surface area contributed by atoms with E-state index in [-0.39, 0.29) is 11.6 Å². The lowest BCUT2D eigenvalue weighted by Crippen LogP contribution is -2.00. The Balaban J connectivity index is 2.40. The van der Waals surface area contributed by atoms with Gasteiger partial charge in [0.05, 0.1) is 0 Å². The standard InChI is InChI=1S/C11H13NO2/c1-9(13)4-2-6-11(14)10-5-3-7-12-8-10/h3,5,7-8H,2,4,6H2,1H3. The van der Waals surface area contributed by atoms with Crippen LogP contribution in [-0.4, -0.2) is 16.6 Å². The molecule has 0 spiro atoms. The zero-order chi connectivity index (χ0) is 10.4. The fourth-order valence-corrected chi connectivity index (χ4v) is 1.17. The molecule has 74 valence electrons. The first-order valence-electron chi connectivity index (χ1n) is 4.63. The van der Waals surface area contributed by atoms with E-state index in [1.165, 1.54) is 6.92 Å². The van der Waals surface area contributed by atoms with Crippen LogP contribution in [0.1, 0.15) is 36.5 Å². The number of carbonyl (C=O) groups excluding carboxylic acids is 2. The predicted octanol–water partition coefficient (Wildman–Crippen LogP) is 2.02. The van der Waals surface area contributed by atoms with E-state index in [2.05, 4.69) is 4.98 Å². The molecule has 0 fully saturated rings. The summed E-state index contributed by atoms with van der Waals surface area (Å²) in [6.07, 6.45) is 4.71. The van der Waals surface area contributed by atoms with Crippen molar-refractivity contribution in [1.82, 2.24) is 4.98 Å². The minimum absolute atomic E-state index is 0.0550. The smallest absolute Gasteiger partial charge is 0.164 e. The van der Waals surface area contributed by atoms with Crippen molar-refractivity contribution in [2.24, 2.45) is 0 Å². The second-order valence-corrected chi connectivity index (χ2v) is 3.22. The van der Waals surface area contributed by atoms with E-state index in [0.717, 1.165) is 0 Å². The number of nitrogens with zero attached hydrogens (tertiary/aromatic N) is 1. The molecule has 0 bridgehead atoms. The van der Waals surface area contributed by atoms with Crippen molar-refractivity contribution in [2.45, 2.75) is 26.2 Å². The van der Waals surface area contributed by atoms with Gasteiger partial charge in [-0.3, -0.25) is 9.78 Å². The van der Waals surface area contributed by atoms with Crippen LogP contribution in [0.3, 0.4) is 0 Å². The summed E-state index contributed by atoms with van der Waals surface area (Å²) in [6.45, 7) is 1.54. The summed E-state index contributed by atoms with van der Waals surface area (Å²) in [5.74, 6) is 0.184. The van der Waals surface area contributed by atoms with E-state index >= 15 is 0 Å². The average Bonchev–Trinajstić information content (AvgIpc) is 2.18. The Morgan fingerprint density at radius 2 is 2.14 bits per heavy atom. The molecule has 0 atom stereocenters. The Hall–Kier alpha value is -1.51. The second-order valence-electron chi connectivity index (χ2n) is 3.22. The molecule has 0 amide bonds. The van der Waals surface area contributed by atoms with Crippen molar-refractivity contribution >= 4 is 11.6 Å². The van der Waals surface area contributed by atoms with Gasteiger partial charge in [-0.25, -0.2) is 0 Å². The molecular formula is C11H13NO2. The lowest BCUT2D eigenvalue weighted by atomic mass is 10.1. The van der Waals surface area contributed by atoms with Crippen LogP contribution in [0, 0.1) is 0 Å². The molecule has 0 saturated carbocycles. The molecular weight excluding hydrogens is 178 g/mol. The molecule has 0 saturated heterocycles. The van der Waals surface area contributed by atoms with Gasteiger partial charge in [-0.1, -0.05) is 0 Å². The van der Waals surface area contributed by atoms with Crippen LogP contribution in [0.4, 0.5) is 0 Å². The number of hydrogen-bond donors (Lipinski definition) is 0. The number of ketones is 2. The van der Waals surface area contributed by atoms with Crippen molar-refractivity contribution in [3.8, 4) is 0 Å². The number of aromatic nitrogens is 1. The van der Waals surface area contributed by atoms with Gasteiger partial charge in [0.2, 0.25) is 0 Å². The highest BCUT2D eigenvalue weighted by Gasteiger charge is 2.05. The normalized spacial score (nSPS) is 9.79. The molecule has 0 aliphatic heterocycles. The fraction of sp³-hybridized carbons (Fsp3) is 0.364. The molecule has 3 nitrogen and oxygen atoms in total. The number of rotatable bonds is 5. The van der Waals surface area contributed by atoms with Gasteiger partial charge < -0.3 is 4.79 Å². The minimum Gasteiger partial charge on any atom is -0.300 e. The molecule has 14 heavy (non-hydrogen) atoms. The topological polar surface area (TPSA) is 47.0 Å². The lowest BCUT2D eigenvalue weighted by Gasteiger charge is -1.98. The molecule has 0 aliphatic carbocycles. The molecule has 0 aliphatic rings. The maximum absolute atomic E-state index is 11.5. The van der Waals surface area contributed by atoms with E-state index in [1.807, 2.05) is 0 Å². The highest BCUT2D eigenvalue weighted by molar-refractivity contribution is 5.95.